The van der Waals surface area contributed by atoms with E-state index in [4.69, 9.17) is 0 Å². The van der Waals surface area contributed by atoms with Gasteiger partial charge in [-0.05, 0) is 0 Å². The van der Waals surface area contributed by atoms with Crippen LogP contribution in [0.5, 0.6) is 0 Å². The van der Waals surface area contributed by atoms with Gasteiger partial charge in [-0.2, -0.15) is 0 Å². The Morgan fingerprint density at radius 3 is 1.60 bits per heavy atom. The molecule has 0 bridgehead atoms. The quantitative estimate of drug-likeness (QED) is 0.468. The normalized spacial score (nSPS) is 8.40. The summed E-state index contributed by atoms with van der Waals surface area (Å²) in [5.41, 5.74) is 0. The molecule has 2 radical (unpaired) electrons. The van der Waals surface area contributed by atoms with Gasteiger partial charge in [-0.1, -0.05) is 0 Å². The fraction of sp³-hybridized carbons (Fsp3) is 0.667. The highest BCUT2D eigenvalue weighted by atomic mass is 16.6. The summed E-state index contributed by atoms with van der Waals surface area (Å²) >= 11 is 0. The summed E-state index contributed by atoms with van der Waals surface area (Å²) < 4.78 is 8.44. The van der Waals surface area contributed by atoms with Crippen LogP contribution in [0.25, 0.3) is 0 Å². The van der Waals surface area contributed by atoms with E-state index < -0.39 is 0 Å². The molecule has 30 valence electrons. The van der Waals surface area contributed by atoms with Gasteiger partial charge in [0.05, 0.1) is 0 Å². The van der Waals surface area contributed by atoms with Crippen LogP contribution in [-0.4, -0.2) is 14.2 Å². The highest BCUT2D eigenvalue weighted by molar-refractivity contribution is 4.12. The van der Waals surface area contributed by atoms with Gasteiger partial charge in [-0.15, -0.1) is 0 Å². The lowest BCUT2D eigenvalue weighted by Gasteiger charge is -1.82. The third-order valence-electron chi connectivity index (χ3n) is 0.167. The Morgan fingerprint density at radius 1 is 1.20 bits per heavy atom. The molecule has 0 saturated carbocycles. The zero-order chi connectivity index (χ0) is 4.12. The summed E-state index contributed by atoms with van der Waals surface area (Å²) in [7, 11) is 2.95. The van der Waals surface area contributed by atoms with Crippen molar-refractivity contribution in [1.29, 1.82) is 0 Å². The molecule has 0 spiro atoms. The molecule has 2 heteroatoms. The first-order chi connectivity index (χ1) is 2.41. The van der Waals surface area contributed by atoms with Crippen molar-refractivity contribution in [3.8, 4) is 0 Å². The molecule has 0 N–H and O–H groups in total. The predicted octanol–water partition coefficient (Wildman–Crippen LogP) is 0.275. The molecule has 2 nitrogen and oxygen atoms in total. The Balaban J connectivity index is 2.19. The second kappa shape index (κ2) is 3.92. The number of methoxy groups -OCH3 is 2. The lowest BCUT2D eigenvalue weighted by molar-refractivity contribution is 0.0796. The molecular weight excluding hydrogens is 68.0 g/mol. The van der Waals surface area contributed by atoms with E-state index in [1.807, 2.05) is 0 Å². The van der Waals surface area contributed by atoms with Gasteiger partial charge in [0.25, 0.3) is 6.79 Å². The Hall–Kier alpha value is -0.0800. The maximum Gasteiger partial charge on any atom is 0.291 e. The molecule has 0 aliphatic carbocycles. The summed E-state index contributed by atoms with van der Waals surface area (Å²) in [5, 5.41) is 0. The number of rotatable bonds is 2. The molecule has 0 heterocycles. The summed E-state index contributed by atoms with van der Waals surface area (Å²) in [4.78, 5) is 0. The van der Waals surface area contributed by atoms with Gasteiger partial charge in [0.15, 0.2) is 0 Å². The van der Waals surface area contributed by atoms with E-state index in [-0.39, 0.29) is 0 Å². The van der Waals surface area contributed by atoms with Crippen LogP contribution in [0.15, 0.2) is 0 Å². The molecule has 0 fully saturated rings. The number of hydrogen-bond donors (Lipinski definition) is 0. The summed E-state index contributed by atoms with van der Waals surface area (Å²) in [6, 6.07) is 0. The van der Waals surface area contributed by atoms with E-state index >= 15 is 0 Å². The minimum atomic E-state index is 1.48. The fourth-order valence-corrected chi connectivity index (χ4v) is 0.0833. The van der Waals surface area contributed by atoms with Crippen molar-refractivity contribution in [2.45, 2.75) is 0 Å². The number of ether oxygens (including phenoxy) is 2. The van der Waals surface area contributed by atoms with Gasteiger partial charge in [-0.25, -0.2) is 0 Å². The second-order valence-electron chi connectivity index (χ2n) is 0.492. The van der Waals surface area contributed by atoms with Crippen LogP contribution in [0, 0.1) is 6.79 Å². The first kappa shape index (κ1) is 4.92. The van der Waals surface area contributed by atoms with E-state index in [1.54, 1.807) is 0 Å². The van der Waals surface area contributed by atoms with E-state index in [1.165, 1.54) is 14.2 Å². The zero-order valence-electron chi connectivity index (χ0n) is 3.32. The molecule has 0 aliphatic heterocycles. The van der Waals surface area contributed by atoms with Crippen LogP contribution in [-0.2, 0) is 9.47 Å². The maximum atomic E-state index is 4.22. The Kier molecular flexibility index (Phi) is 3.86. The molecule has 5 heavy (non-hydrogen) atoms. The highest BCUT2D eigenvalue weighted by Gasteiger charge is 1.69. The molecule has 0 unspecified atom stereocenters. The lowest BCUT2D eigenvalue weighted by Crippen LogP contribution is -1.78. The zero-order valence-corrected chi connectivity index (χ0v) is 3.32. The molecular formula is C3H6O2. The highest BCUT2D eigenvalue weighted by Crippen LogP contribution is 1.70. The minimum absolute atomic E-state index is 1.48. The fourth-order valence-electron chi connectivity index (χ4n) is 0.0833. The molecule has 0 aromatic rings. The molecule has 0 saturated heterocycles. The van der Waals surface area contributed by atoms with Crippen molar-refractivity contribution in [2.75, 3.05) is 14.2 Å². The van der Waals surface area contributed by atoms with Crippen LogP contribution in [0.4, 0.5) is 0 Å². The van der Waals surface area contributed by atoms with Gasteiger partial charge in [0.2, 0.25) is 0 Å². The largest absolute Gasteiger partial charge is 0.344 e. The second-order valence-corrected chi connectivity index (χ2v) is 0.492. The van der Waals surface area contributed by atoms with Crippen LogP contribution >= 0.6 is 0 Å². The Bertz CT molecular complexity index is 12.4. The van der Waals surface area contributed by atoms with Crippen molar-refractivity contribution in [1.82, 2.24) is 0 Å². The van der Waals surface area contributed by atoms with Crippen molar-refractivity contribution in [3.05, 3.63) is 6.79 Å². The molecule has 0 atom stereocenters. The van der Waals surface area contributed by atoms with Crippen LogP contribution in [0.2, 0.25) is 0 Å². The SMILES string of the molecule is CO[C]OC. The van der Waals surface area contributed by atoms with Gasteiger partial charge < -0.3 is 9.47 Å². The molecule has 0 rings (SSSR count). The van der Waals surface area contributed by atoms with Crippen molar-refractivity contribution in [2.24, 2.45) is 0 Å². The van der Waals surface area contributed by atoms with Crippen LogP contribution < -0.4 is 0 Å². The van der Waals surface area contributed by atoms with Crippen molar-refractivity contribution < 1.29 is 9.47 Å². The topological polar surface area (TPSA) is 18.5 Å². The van der Waals surface area contributed by atoms with Crippen LogP contribution in [0.3, 0.4) is 0 Å². The number of hydrogen-bond acceptors (Lipinski definition) is 2. The molecule has 0 aromatic carbocycles. The third kappa shape index (κ3) is 3.92. The van der Waals surface area contributed by atoms with E-state index in [9.17, 15) is 0 Å². The van der Waals surface area contributed by atoms with Crippen LogP contribution in [0.1, 0.15) is 0 Å². The molecule has 0 amide bonds. The summed E-state index contributed by atoms with van der Waals surface area (Å²) in [6.45, 7) is 2.11. The third-order valence-corrected chi connectivity index (χ3v) is 0.167. The smallest absolute Gasteiger partial charge is 0.291 e. The molecule has 0 aromatic heterocycles. The average molecular weight is 74.1 g/mol. The predicted molar refractivity (Wildman–Crippen MR) is 17.3 cm³/mol. The van der Waals surface area contributed by atoms with E-state index in [0.29, 0.717) is 0 Å². The van der Waals surface area contributed by atoms with Gasteiger partial charge in [0, 0.05) is 14.2 Å². The first-order valence-electron chi connectivity index (χ1n) is 1.22. The maximum absolute atomic E-state index is 4.22. The minimum Gasteiger partial charge on any atom is -0.344 e. The average Bonchev–Trinajstić information content (AvgIpc) is 1.41. The van der Waals surface area contributed by atoms with Gasteiger partial charge >= 0.3 is 0 Å². The monoisotopic (exact) mass is 74.0 g/mol. The Morgan fingerprint density at radius 2 is 1.60 bits per heavy atom. The van der Waals surface area contributed by atoms with Gasteiger partial charge in [-0.3, -0.25) is 0 Å². The lowest BCUT2D eigenvalue weighted by atomic mass is 11.4. The van der Waals surface area contributed by atoms with E-state index in [0.717, 1.165) is 0 Å². The molecule has 0 aliphatic rings. The summed E-state index contributed by atoms with van der Waals surface area (Å²) in [5.74, 6) is 0. The standard InChI is InChI=1S/C3H6O2/c1-4-3-5-2/h1-2H3. The van der Waals surface area contributed by atoms with Crippen molar-refractivity contribution in [3.63, 3.8) is 0 Å². The first-order valence-corrected chi connectivity index (χ1v) is 1.22. The van der Waals surface area contributed by atoms with Crippen molar-refractivity contribution >= 4 is 0 Å². The summed E-state index contributed by atoms with van der Waals surface area (Å²) in [6.07, 6.45) is 0. The van der Waals surface area contributed by atoms with E-state index in [2.05, 4.69) is 16.3 Å². The Labute approximate surface area is 31.7 Å². The van der Waals surface area contributed by atoms with Gasteiger partial charge in [0.1, 0.15) is 0 Å².